The van der Waals surface area contributed by atoms with Crippen molar-refractivity contribution in [3.63, 3.8) is 0 Å². The van der Waals surface area contributed by atoms with Crippen molar-refractivity contribution in [3.8, 4) is 0 Å². The molecule has 0 aromatic carbocycles. The largest absolute Gasteiger partial charge is 0.481 e. The molecule has 1 aromatic rings. The van der Waals surface area contributed by atoms with Crippen molar-refractivity contribution in [2.45, 2.75) is 19.8 Å². The summed E-state index contributed by atoms with van der Waals surface area (Å²) in [4.78, 5) is 11.8. The second-order valence-corrected chi connectivity index (χ2v) is 5.55. The molecule has 0 spiro atoms. The second kappa shape index (κ2) is 4.24. The van der Waals surface area contributed by atoms with E-state index in [4.69, 9.17) is 5.11 Å². The van der Waals surface area contributed by atoms with Crippen molar-refractivity contribution in [1.82, 2.24) is 0 Å². The molecule has 0 fully saturated rings. The van der Waals surface area contributed by atoms with Gasteiger partial charge in [0.2, 0.25) is 0 Å². The van der Waals surface area contributed by atoms with Crippen molar-refractivity contribution in [3.05, 3.63) is 20.8 Å². The monoisotopic (exact) mass is 262 g/mol. The highest BCUT2D eigenvalue weighted by Crippen LogP contribution is 2.32. The van der Waals surface area contributed by atoms with Gasteiger partial charge in [0.05, 0.1) is 9.70 Å². The quantitative estimate of drug-likeness (QED) is 0.908. The van der Waals surface area contributed by atoms with E-state index in [0.29, 0.717) is 0 Å². The topological polar surface area (TPSA) is 37.3 Å². The van der Waals surface area contributed by atoms with Crippen LogP contribution in [0.4, 0.5) is 0 Å². The minimum Gasteiger partial charge on any atom is -0.481 e. The molecule has 13 heavy (non-hydrogen) atoms. The van der Waals surface area contributed by atoms with E-state index in [1.807, 2.05) is 19.1 Å². The molecule has 72 valence electrons. The Kier molecular flexibility index (Phi) is 3.50. The summed E-state index contributed by atoms with van der Waals surface area (Å²) >= 11 is 4.95. The minimum absolute atomic E-state index is 0.0776. The zero-order valence-electron chi connectivity index (χ0n) is 7.45. The summed E-state index contributed by atoms with van der Waals surface area (Å²) in [7, 11) is 0. The second-order valence-electron chi connectivity index (χ2n) is 3.06. The molecule has 0 aliphatic rings. The van der Waals surface area contributed by atoms with Crippen molar-refractivity contribution >= 4 is 33.2 Å². The summed E-state index contributed by atoms with van der Waals surface area (Å²) < 4.78 is 1.05. The molecule has 0 bridgehead atoms. The van der Waals surface area contributed by atoms with Gasteiger partial charge in [-0.05, 0) is 28.1 Å². The van der Waals surface area contributed by atoms with Crippen LogP contribution in [-0.4, -0.2) is 11.1 Å². The van der Waals surface area contributed by atoms with Gasteiger partial charge in [-0.3, -0.25) is 4.79 Å². The van der Waals surface area contributed by atoms with Gasteiger partial charge >= 0.3 is 5.97 Å². The lowest BCUT2D eigenvalue weighted by atomic mass is 9.95. The van der Waals surface area contributed by atoms with E-state index in [9.17, 15) is 4.79 Å². The number of carboxylic acid groups (broad SMARTS) is 1. The maximum absolute atomic E-state index is 10.7. The number of halogens is 1. The molecule has 0 amide bonds. The first-order valence-corrected chi connectivity index (χ1v) is 5.61. The number of rotatable bonds is 3. The standard InChI is InChI=1S/C9H11BrO2S/c1-5(6(2)9(11)12)7-3-4-8(10)13-7/h3-6H,1-2H3,(H,11,12). The third-order valence-electron chi connectivity index (χ3n) is 2.18. The Morgan fingerprint density at radius 2 is 2.15 bits per heavy atom. The average Bonchev–Trinajstić information content (AvgIpc) is 2.49. The van der Waals surface area contributed by atoms with Crippen LogP contribution in [0.25, 0.3) is 0 Å². The molecule has 2 atom stereocenters. The summed E-state index contributed by atoms with van der Waals surface area (Å²) in [5.74, 6) is -0.989. The van der Waals surface area contributed by atoms with Crippen molar-refractivity contribution in [2.24, 2.45) is 5.92 Å². The molecule has 0 aliphatic heterocycles. The predicted octanol–water partition coefficient (Wildman–Crippen LogP) is 3.33. The van der Waals surface area contributed by atoms with E-state index in [2.05, 4.69) is 15.9 Å². The Hall–Kier alpha value is -0.350. The molecule has 2 nitrogen and oxygen atoms in total. The van der Waals surface area contributed by atoms with Gasteiger partial charge in [0, 0.05) is 10.8 Å². The molecule has 2 unspecified atom stereocenters. The summed E-state index contributed by atoms with van der Waals surface area (Å²) in [6, 6.07) is 3.92. The highest BCUT2D eigenvalue weighted by atomic mass is 79.9. The van der Waals surface area contributed by atoms with Crippen LogP contribution in [0, 0.1) is 5.92 Å². The van der Waals surface area contributed by atoms with Crippen LogP contribution < -0.4 is 0 Å². The van der Waals surface area contributed by atoms with Gasteiger partial charge in [0.15, 0.2) is 0 Å². The summed E-state index contributed by atoms with van der Waals surface area (Å²) in [6.45, 7) is 3.68. The van der Waals surface area contributed by atoms with Crippen LogP contribution >= 0.6 is 27.3 Å². The molecule has 1 N–H and O–H groups in total. The lowest BCUT2D eigenvalue weighted by Crippen LogP contribution is -2.15. The average molecular weight is 263 g/mol. The zero-order chi connectivity index (χ0) is 10.0. The van der Waals surface area contributed by atoms with Crippen LogP contribution in [0.5, 0.6) is 0 Å². The van der Waals surface area contributed by atoms with Crippen molar-refractivity contribution in [1.29, 1.82) is 0 Å². The van der Waals surface area contributed by atoms with Gasteiger partial charge < -0.3 is 5.11 Å². The lowest BCUT2D eigenvalue weighted by Gasteiger charge is -2.13. The highest BCUT2D eigenvalue weighted by molar-refractivity contribution is 9.11. The first kappa shape index (κ1) is 10.7. The highest BCUT2D eigenvalue weighted by Gasteiger charge is 2.21. The van der Waals surface area contributed by atoms with E-state index in [1.54, 1.807) is 18.3 Å². The van der Waals surface area contributed by atoms with Crippen LogP contribution in [0.1, 0.15) is 24.6 Å². The Bertz CT molecular complexity index is 308. The van der Waals surface area contributed by atoms with Crippen LogP contribution in [0.2, 0.25) is 0 Å². The Morgan fingerprint density at radius 1 is 1.54 bits per heavy atom. The van der Waals surface area contributed by atoms with E-state index < -0.39 is 5.97 Å². The lowest BCUT2D eigenvalue weighted by molar-refractivity contribution is -0.141. The van der Waals surface area contributed by atoms with Gasteiger partial charge in [-0.2, -0.15) is 0 Å². The number of thiophene rings is 1. The molecule has 1 aromatic heterocycles. The Morgan fingerprint density at radius 3 is 2.54 bits per heavy atom. The summed E-state index contributed by atoms with van der Waals surface area (Å²) in [6.07, 6.45) is 0. The molecular weight excluding hydrogens is 252 g/mol. The Labute approximate surface area is 89.7 Å². The minimum atomic E-state index is -0.739. The van der Waals surface area contributed by atoms with E-state index in [-0.39, 0.29) is 11.8 Å². The first-order valence-electron chi connectivity index (χ1n) is 4.00. The first-order chi connectivity index (χ1) is 6.02. The summed E-state index contributed by atoms with van der Waals surface area (Å²) in [5.41, 5.74) is 0. The van der Waals surface area contributed by atoms with Gasteiger partial charge in [-0.25, -0.2) is 0 Å². The third kappa shape index (κ3) is 2.54. The van der Waals surface area contributed by atoms with Gasteiger partial charge in [0.25, 0.3) is 0 Å². The molecule has 1 rings (SSSR count). The third-order valence-corrected chi connectivity index (χ3v) is 4.01. The van der Waals surface area contributed by atoms with E-state index in [0.717, 1.165) is 8.66 Å². The van der Waals surface area contributed by atoms with Crippen LogP contribution in [0.3, 0.4) is 0 Å². The molecule has 4 heteroatoms. The molecule has 0 saturated heterocycles. The fourth-order valence-electron chi connectivity index (χ4n) is 1.03. The maximum atomic E-state index is 10.7. The zero-order valence-corrected chi connectivity index (χ0v) is 9.85. The number of carbonyl (C=O) groups is 1. The predicted molar refractivity (Wildman–Crippen MR) is 57.2 cm³/mol. The Balaban J connectivity index is 2.78. The SMILES string of the molecule is CC(C(=O)O)C(C)c1ccc(Br)s1. The molecule has 1 heterocycles. The van der Waals surface area contributed by atoms with Crippen molar-refractivity contribution in [2.75, 3.05) is 0 Å². The van der Waals surface area contributed by atoms with E-state index >= 15 is 0 Å². The maximum Gasteiger partial charge on any atom is 0.306 e. The fraction of sp³-hybridized carbons (Fsp3) is 0.444. The number of hydrogen-bond acceptors (Lipinski definition) is 2. The van der Waals surface area contributed by atoms with Crippen LogP contribution in [-0.2, 0) is 4.79 Å². The van der Waals surface area contributed by atoms with Crippen LogP contribution in [0.15, 0.2) is 15.9 Å². The number of carboxylic acids is 1. The molecule has 0 saturated carbocycles. The van der Waals surface area contributed by atoms with Gasteiger partial charge in [-0.15, -0.1) is 11.3 Å². The molecule has 0 aliphatic carbocycles. The van der Waals surface area contributed by atoms with E-state index in [1.165, 1.54) is 0 Å². The fourth-order valence-corrected chi connectivity index (χ4v) is 2.61. The van der Waals surface area contributed by atoms with Crippen molar-refractivity contribution < 1.29 is 9.90 Å². The van der Waals surface area contributed by atoms with Gasteiger partial charge in [0.1, 0.15) is 0 Å². The van der Waals surface area contributed by atoms with Gasteiger partial charge in [-0.1, -0.05) is 13.8 Å². The number of aliphatic carboxylic acids is 1. The normalized spacial score (nSPS) is 15.3. The summed E-state index contributed by atoms with van der Waals surface area (Å²) in [5, 5.41) is 8.81. The smallest absolute Gasteiger partial charge is 0.306 e. The molecular formula is C9H11BrO2S. The molecule has 0 radical (unpaired) electrons. The number of hydrogen-bond donors (Lipinski definition) is 1.